The second-order valence-corrected chi connectivity index (χ2v) is 4.62. The second kappa shape index (κ2) is 6.89. The highest BCUT2D eigenvalue weighted by molar-refractivity contribution is 9.10. The topological polar surface area (TPSA) is 41.1 Å². The molecule has 0 aliphatic heterocycles. The maximum absolute atomic E-state index is 11.5. The molecule has 0 saturated carbocycles. The third kappa shape index (κ3) is 4.51. The van der Waals surface area contributed by atoms with Crippen LogP contribution in [0.5, 0.6) is 0 Å². The number of amides is 1. The van der Waals surface area contributed by atoms with Gasteiger partial charge in [-0.15, -0.1) is 0 Å². The van der Waals surface area contributed by atoms with Gasteiger partial charge in [0.2, 0.25) is 5.91 Å². The number of hydrogen-bond donors (Lipinski definition) is 2. The van der Waals surface area contributed by atoms with Crippen LogP contribution in [0.2, 0.25) is 5.02 Å². The molecule has 0 saturated heterocycles. The normalized spacial score (nSPS) is 10.2. The number of nitrogens with one attached hydrogen (secondary N) is 2. The molecule has 0 spiro atoms. The van der Waals surface area contributed by atoms with Gasteiger partial charge in [-0.3, -0.25) is 4.79 Å². The Morgan fingerprint density at radius 2 is 2.25 bits per heavy atom. The standard InChI is InChI=1S/C11H14BrClN2O/c1-2-5-14-7-11(16)15-8-3-4-10(13)9(12)6-8/h3-4,6,14H,2,5,7H2,1H3,(H,15,16). The zero-order valence-corrected chi connectivity index (χ0v) is 11.4. The van der Waals surface area contributed by atoms with Crippen molar-refractivity contribution in [3.05, 3.63) is 27.7 Å². The highest BCUT2D eigenvalue weighted by Crippen LogP contribution is 2.25. The molecule has 0 aliphatic carbocycles. The van der Waals surface area contributed by atoms with E-state index in [0.717, 1.165) is 23.1 Å². The second-order valence-electron chi connectivity index (χ2n) is 3.35. The molecule has 88 valence electrons. The first-order valence-electron chi connectivity index (χ1n) is 5.09. The predicted molar refractivity (Wildman–Crippen MR) is 70.9 cm³/mol. The van der Waals surface area contributed by atoms with Gasteiger partial charge in [-0.2, -0.15) is 0 Å². The molecular formula is C11H14BrClN2O. The minimum absolute atomic E-state index is 0.0531. The van der Waals surface area contributed by atoms with Crippen LogP contribution in [-0.4, -0.2) is 19.0 Å². The Bertz CT molecular complexity index is 371. The molecule has 2 N–H and O–H groups in total. The summed E-state index contributed by atoms with van der Waals surface area (Å²) < 4.78 is 0.772. The average Bonchev–Trinajstić information content (AvgIpc) is 2.24. The van der Waals surface area contributed by atoms with E-state index in [1.807, 2.05) is 0 Å². The van der Waals surface area contributed by atoms with Crippen LogP contribution >= 0.6 is 27.5 Å². The van der Waals surface area contributed by atoms with E-state index in [0.29, 0.717) is 11.6 Å². The summed E-state index contributed by atoms with van der Waals surface area (Å²) in [4.78, 5) is 11.5. The van der Waals surface area contributed by atoms with Crippen molar-refractivity contribution in [3.8, 4) is 0 Å². The third-order valence-corrected chi connectivity index (χ3v) is 3.13. The molecule has 0 fully saturated rings. The summed E-state index contributed by atoms with van der Waals surface area (Å²) in [5.41, 5.74) is 0.736. The zero-order valence-electron chi connectivity index (χ0n) is 9.02. The fraction of sp³-hybridized carbons (Fsp3) is 0.364. The van der Waals surface area contributed by atoms with Crippen LogP contribution < -0.4 is 10.6 Å². The van der Waals surface area contributed by atoms with E-state index in [2.05, 4.69) is 33.5 Å². The first-order valence-corrected chi connectivity index (χ1v) is 6.26. The van der Waals surface area contributed by atoms with E-state index in [-0.39, 0.29) is 5.91 Å². The monoisotopic (exact) mass is 304 g/mol. The van der Waals surface area contributed by atoms with E-state index in [9.17, 15) is 4.79 Å². The third-order valence-electron chi connectivity index (χ3n) is 1.92. The van der Waals surface area contributed by atoms with Crippen LogP contribution in [0, 0.1) is 0 Å². The van der Waals surface area contributed by atoms with Gasteiger partial charge in [0.1, 0.15) is 0 Å². The molecule has 1 aromatic rings. The molecule has 1 rings (SSSR count). The number of rotatable bonds is 5. The van der Waals surface area contributed by atoms with Gasteiger partial charge in [0.05, 0.1) is 11.6 Å². The van der Waals surface area contributed by atoms with Gasteiger partial charge in [0.15, 0.2) is 0 Å². The summed E-state index contributed by atoms with van der Waals surface area (Å²) in [5.74, 6) is -0.0531. The zero-order chi connectivity index (χ0) is 12.0. The van der Waals surface area contributed by atoms with Gasteiger partial charge in [-0.1, -0.05) is 18.5 Å². The van der Waals surface area contributed by atoms with Gasteiger partial charge < -0.3 is 10.6 Å². The van der Waals surface area contributed by atoms with Crippen molar-refractivity contribution in [2.24, 2.45) is 0 Å². The minimum Gasteiger partial charge on any atom is -0.325 e. The highest BCUT2D eigenvalue weighted by Gasteiger charge is 2.03. The van der Waals surface area contributed by atoms with Crippen molar-refractivity contribution in [2.45, 2.75) is 13.3 Å². The van der Waals surface area contributed by atoms with Gasteiger partial charge in [-0.25, -0.2) is 0 Å². The Kier molecular flexibility index (Phi) is 5.80. The number of halogens is 2. The maximum atomic E-state index is 11.5. The molecule has 0 heterocycles. The lowest BCUT2D eigenvalue weighted by Gasteiger charge is -2.07. The number of carbonyl (C=O) groups is 1. The fourth-order valence-corrected chi connectivity index (χ4v) is 1.65. The summed E-state index contributed by atoms with van der Waals surface area (Å²) in [6.07, 6.45) is 1.01. The van der Waals surface area contributed by atoms with Crippen molar-refractivity contribution in [1.82, 2.24) is 5.32 Å². The molecule has 0 radical (unpaired) electrons. The number of benzene rings is 1. The Hall–Kier alpha value is -0.580. The van der Waals surface area contributed by atoms with Crippen molar-refractivity contribution >= 4 is 39.1 Å². The highest BCUT2D eigenvalue weighted by atomic mass is 79.9. The molecule has 1 aromatic carbocycles. The van der Waals surface area contributed by atoms with Crippen LogP contribution in [0.1, 0.15) is 13.3 Å². The average molecular weight is 306 g/mol. The lowest BCUT2D eigenvalue weighted by atomic mass is 10.3. The smallest absolute Gasteiger partial charge is 0.238 e. The Morgan fingerprint density at radius 3 is 2.88 bits per heavy atom. The molecule has 0 unspecified atom stereocenters. The largest absolute Gasteiger partial charge is 0.325 e. The van der Waals surface area contributed by atoms with E-state index in [1.54, 1.807) is 18.2 Å². The Morgan fingerprint density at radius 1 is 1.50 bits per heavy atom. The Labute approximate surface area is 109 Å². The van der Waals surface area contributed by atoms with Crippen LogP contribution in [0.4, 0.5) is 5.69 Å². The lowest BCUT2D eigenvalue weighted by Crippen LogP contribution is -2.28. The van der Waals surface area contributed by atoms with Crippen LogP contribution in [-0.2, 0) is 4.79 Å². The fourth-order valence-electron chi connectivity index (χ4n) is 1.16. The summed E-state index contributed by atoms with van der Waals surface area (Å²) in [6.45, 7) is 3.23. The summed E-state index contributed by atoms with van der Waals surface area (Å²) in [6, 6.07) is 5.28. The van der Waals surface area contributed by atoms with Crippen molar-refractivity contribution in [3.63, 3.8) is 0 Å². The molecule has 16 heavy (non-hydrogen) atoms. The maximum Gasteiger partial charge on any atom is 0.238 e. The quantitative estimate of drug-likeness (QED) is 0.821. The Balaban J connectivity index is 2.46. The van der Waals surface area contributed by atoms with Gasteiger partial charge in [0.25, 0.3) is 0 Å². The molecule has 5 heteroatoms. The SMILES string of the molecule is CCCNCC(=O)Nc1ccc(Cl)c(Br)c1. The van der Waals surface area contributed by atoms with Crippen molar-refractivity contribution in [1.29, 1.82) is 0 Å². The van der Waals surface area contributed by atoms with Crippen molar-refractivity contribution < 1.29 is 4.79 Å². The van der Waals surface area contributed by atoms with Crippen LogP contribution in [0.15, 0.2) is 22.7 Å². The van der Waals surface area contributed by atoms with Gasteiger partial charge >= 0.3 is 0 Å². The summed E-state index contributed by atoms with van der Waals surface area (Å²) in [7, 11) is 0. The molecule has 1 amide bonds. The summed E-state index contributed by atoms with van der Waals surface area (Å²) >= 11 is 9.15. The lowest BCUT2D eigenvalue weighted by molar-refractivity contribution is -0.115. The molecule has 0 bridgehead atoms. The molecule has 3 nitrogen and oxygen atoms in total. The summed E-state index contributed by atoms with van der Waals surface area (Å²) in [5, 5.41) is 6.44. The first-order chi connectivity index (χ1) is 7.63. The first kappa shape index (κ1) is 13.5. The molecule has 0 aromatic heterocycles. The molecule has 0 aliphatic rings. The molecular weight excluding hydrogens is 291 g/mol. The van der Waals surface area contributed by atoms with Crippen LogP contribution in [0.3, 0.4) is 0 Å². The van der Waals surface area contributed by atoms with Crippen LogP contribution in [0.25, 0.3) is 0 Å². The number of hydrogen-bond acceptors (Lipinski definition) is 2. The number of anilines is 1. The van der Waals surface area contributed by atoms with E-state index in [4.69, 9.17) is 11.6 Å². The van der Waals surface area contributed by atoms with E-state index in [1.165, 1.54) is 0 Å². The van der Waals surface area contributed by atoms with E-state index < -0.39 is 0 Å². The minimum atomic E-state index is -0.0531. The molecule has 0 atom stereocenters. The predicted octanol–water partition coefficient (Wildman–Crippen LogP) is 3.04. The van der Waals surface area contributed by atoms with Gasteiger partial charge in [0, 0.05) is 10.2 Å². The van der Waals surface area contributed by atoms with Gasteiger partial charge in [-0.05, 0) is 47.1 Å². The van der Waals surface area contributed by atoms with Crippen molar-refractivity contribution in [2.75, 3.05) is 18.4 Å². The van der Waals surface area contributed by atoms with E-state index >= 15 is 0 Å². The number of carbonyl (C=O) groups excluding carboxylic acids is 1.